The fourth-order valence-electron chi connectivity index (χ4n) is 2.19. The van der Waals surface area contributed by atoms with Crippen LogP contribution in [0.25, 0.3) is 11.1 Å². The van der Waals surface area contributed by atoms with Gasteiger partial charge in [0.05, 0.1) is 11.8 Å². The molecule has 0 saturated carbocycles. The van der Waals surface area contributed by atoms with Gasteiger partial charge in [-0.3, -0.25) is 4.79 Å². The topological polar surface area (TPSA) is 47.2 Å². The minimum absolute atomic E-state index is 0.140. The monoisotopic (exact) mass is 288 g/mol. The molecule has 3 aromatic rings. The number of nitrogens with one attached hydrogen (secondary N) is 1. The van der Waals surface area contributed by atoms with Crippen LogP contribution in [0.1, 0.15) is 16.1 Å². The van der Waals surface area contributed by atoms with Crippen LogP contribution in [0, 0.1) is 0 Å². The van der Waals surface area contributed by atoms with Gasteiger partial charge in [-0.1, -0.05) is 23.7 Å². The minimum Gasteiger partial charge on any atom is -0.463 e. The Kier molecular flexibility index (Phi) is 3.24. The van der Waals surface area contributed by atoms with E-state index in [1.807, 2.05) is 35.9 Å². The molecule has 4 nitrogen and oxygen atoms in total. The van der Waals surface area contributed by atoms with Crippen molar-refractivity contribution in [3.05, 3.63) is 58.9 Å². The molecule has 0 radical (unpaired) electrons. The lowest BCUT2D eigenvalue weighted by atomic mass is 10.2. The number of fused-ring (bicyclic) bond motifs is 1. The van der Waals surface area contributed by atoms with Crippen molar-refractivity contribution in [2.24, 2.45) is 7.05 Å². The lowest BCUT2D eigenvalue weighted by molar-refractivity contribution is 0.0943. The van der Waals surface area contributed by atoms with Crippen molar-refractivity contribution < 1.29 is 9.21 Å². The number of carbonyl (C=O) groups is 1. The summed E-state index contributed by atoms with van der Waals surface area (Å²) in [5.74, 6) is -0.140. The molecule has 0 bridgehead atoms. The van der Waals surface area contributed by atoms with Gasteiger partial charge in [0, 0.05) is 30.7 Å². The van der Waals surface area contributed by atoms with Crippen LogP contribution in [0.4, 0.5) is 0 Å². The number of hydrogen-bond acceptors (Lipinski definition) is 2. The molecule has 0 unspecified atom stereocenters. The van der Waals surface area contributed by atoms with Crippen LogP contribution >= 0.6 is 11.6 Å². The van der Waals surface area contributed by atoms with E-state index in [0.717, 1.165) is 11.1 Å². The second kappa shape index (κ2) is 5.06. The summed E-state index contributed by atoms with van der Waals surface area (Å²) < 4.78 is 7.10. The number of halogens is 1. The zero-order valence-electron chi connectivity index (χ0n) is 10.9. The Morgan fingerprint density at radius 1 is 1.35 bits per heavy atom. The van der Waals surface area contributed by atoms with Crippen LogP contribution in [0.15, 0.2) is 47.1 Å². The van der Waals surface area contributed by atoms with Gasteiger partial charge in [-0.15, -0.1) is 0 Å². The van der Waals surface area contributed by atoms with Gasteiger partial charge < -0.3 is 14.3 Å². The maximum Gasteiger partial charge on any atom is 0.268 e. The molecule has 0 aliphatic rings. The smallest absolute Gasteiger partial charge is 0.268 e. The van der Waals surface area contributed by atoms with Gasteiger partial charge in [-0.2, -0.15) is 0 Å². The average Bonchev–Trinajstić information content (AvgIpc) is 3.00. The molecule has 102 valence electrons. The molecule has 2 heterocycles. The van der Waals surface area contributed by atoms with E-state index >= 15 is 0 Å². The van der Waals surface area contributed by atoms with E-state index in [4.69, 9.17) is 16.0 Å². The van der Waals surface area contributed by atoms with Crippen molar-refractivity contribution in [2.45, 2.75) is 6.54 Å². The first-order chi connectivity index (χ1) is 9.65. The van der Waals surface area contributed by atoms with Crippen molar-refractivity contribution in [2.75, 3.05) is 0 Å². The average molecular weight is 289 g/mol. The first kappa shape index (κ1) is 12.8. The summed E-state index contributed by atoms with van der Waals surface area (Å²) in [4.78, 5) is 12.2. The Balaban J connectivity index is 1.76. The third-order valence-electron chi connectivity index (χ3n) is 3.24. The molecule has 3 rings (SSSR count). The van der Waals surface area contributed by atoms with E-state index in [2.05, 4.69) is 5.32 Å². The minimum atomic E-state index is -0.140. The molecule has 0 spiro atoms. The molecule has 2 aromatic heterocycles. The summed E-state index contributed by atoms with van der Waals surface area (Å²) in [7, 11) is 1.84. The highest BCUT2D eigenvalue weighted by atomic mass is 35.5. The van der Waals surface area contributed by atoms with Gasteiger partial charge in [0.1, 0.15) is 5.69 Å². The number of carbonyl (C=O) groups excluding carboxylic acids is 1. The molecular weight excluding hydrogens is 276 g/mol. The van der Waals surface area contributed by atoms with Gasteiger partial charge >= 0.3 is 0 Å². The second-order valence-corrected chi connectivity index (χ2v) is 5.01. The van der Waals surface area contributed by atoms with E-state index in [1.54, 1.807) is 18.4 Å². The molecule has 0 aliphatic carbocycles. The van der Waals surface area contributed by atoms with E-state index in [-0.39, 0.29) is 5.91 Å². The zero-order valence-corrected chi connectivity index (χ0v) is 11.6. The maximum atomic E-state index is 12.2. The molecule has 5 heteroatoms. The van der Waals surface area contributed by atoms with Crippen molar-refractivity contribution in [1.29, 1.82) is 0 Å². The molecule has 0 fully saturated rings. The van der Waals surface area contributed by atoms with Gasteiger partial charge in [-0.25, -0.2) is 0 Å². The van der Waals surface area contributed by atoms with Crippen molar-refractivity contribution in [3.8, 4) is 0 Å². The van der Waals surface area contributed by atoms with Gasteiger partial charge in [0.2, 0.25) is 0 Å². The molecular formula is C15H13ClN2O2. The predicted molar refractivity (Wildman–Crippen MR) is 77.8 cm³/mol. The number of furan rings is 1. The van der Waals surface area contributed by atoms with Gasteiger partial charge in [-0.05, 0) is 17.7 Å². The van der Waals surface area contributed by atoms with Crippen molar-refractivity contribution in [1.82, 2.24) is 9.88 Å². The fraction of sp³-hybridized carbons (Fsp3) is 0.133. The molecule has 1 amide bonds. The molecule has 0 saturated heterocycles. The molecule has 0 aliphatic heterocycles. The van der Waals surface area contributed by atoms with Crippen LogP contribution in [-0.4, -0.2) is 10.5 Å². The Morgan fingerprint density at radius 3 is 2.95 bits per heavy atom. The number of hydrogen-bond donors (Lipinski definition) is 1. The zero-order chi connectivity index (χ0) is 14.1. The quantitative estimate of drug-likeness (QED) is 0.803. The normalized spacial score (nSPS) is 10.9. The summed E-state index contributed by atoms with van der Waals surface area (Å²) in [6.07, 6.45) is 1.61. The van der Waals surface area contributed by atoms with E-state index < -0.39 is 0 Å². The Hall–Kier alpha value is -2.20. The number of aromatic nitrogens is 1. The first-order valence-corrected chi connectivity index (χ1v) is 6.58. The fourth-order valence-corrected chi connectivity index (χ4v) is 2.40. The summed E-state index contributed by atoms with van der Waals surface area (Å²) in [5.41, 5.74) is 3.14. The number of amides is 1. The number of aryl methyl sites for hydroxylation is 1. The largest absolute Gasteiger partial charge is 0.463 e. The third-order valence-corrected chi connectivity index (χ3v) is 3.47. The van der Waals surface area contributed by atoms with E-state index in [0.29, 0.717) is 22.8 Å². The standard InChI is InChI=1S/C15H13ClN2O2/c1-18-12-5-6-20-14(12)8-13(18)15(19)17-9-10-3-2-4-11(16)7-10/h2-8H,9H2,1H3,(H,17,19). The van der Waals surface area contributed by atoms with Crippen LogP contribution in [0.2, 0.25) is 5.02 Å². The third kappa shape index (κ3) is 2.30. The van der Waals surface area contributed by atoms with Gasteiger partial charge in [0.25, 0.3) is 5.91 Å². The Labute approximate surface area is 120 Å². The van der Waals surface area contributed by atoms with Crippen LogP contribution in [0.5, 0.6) is 0 Å². The summed E-state index contributed by atoms with van der Waals surface area (Å²) in [6, 6.07) is 11.0. The summed E-state index contributed by atoms with van der Waals surface area (Å²) in [6.45, 7) is 0.436. The summed E-state index contributed by atoms with van der Waals surface area (Å²) >= 11 is 5.91. The molecule has 1 aromatic carbocycles. The van der Waals surface area contributed by atoms with Crippen LogP contribution < -0.4 is 5.32 Å². The Bertz CT molecular complexity index is 773. The van der Waals surface area contributed by atoms with Crippen molar-refractivity contribution in [3.63, 3.8) is 0 Å². The van der Waals surface area contributed by atoms with E-state index in [9.17, 15) is 4.79 Å². The first-order valence-electron chi connectivity index (χ1n) is 6.21. The summed E-state index contributed by atoms with van der Waals surface area (Å²) in [5, 5.41) is 3.53. The van der Waals surface area contributed by atoms with Crippen molar-refractivity contribution >= 4 is 28.6 Å². The maximum absolute atomic E-state index is 12.2. The lowest BCUT2D eigenvalue weighted by Gasteiger charge is -2.06. The molecule has 0 atom stereocenters. The second-order valence-electron chi connectivity index (χ2n) is 4.57. The Morgan fingerprint density at radius 2 is 2.20 bits per heavy atom. The van der Waals surface area contributed by atoms with E-state index in [1.165, 1.54) is 0 Å². The number of rotatable bonds is 3. The highest BCUT2D eigenvalue weighted by Gasteiger charge is 2.14. The van der Waals surface area contributed by atoms with Crippen LogP contribution in [0.3, 0.4) is 0 Å². The predicted octanol–water partition coefficient (Wildman–Crippen LogP) is 3.35. The highest BCUT2D eigenvalue weighted by molar-refractivity contribution is 6.30. The number of nitrogens with zero attached hydrogens (tertiary/aromatic N) is 1. The lowest BCUT2D eigenvalue weighted by Crippen LogP contribution is -2.24. The van der Waals surface area contributed by atoms with Gasteiger partial charge in [0.15, 0.2) is 5.58 Å². The number of benzene rings is 1. The molecule has 1 N–H and O–H groups in total. The van der Waals surface area contributed by atoms with Crippen LogP contribution in [-0.2, 0) is 13.6 Å². The highest BCUT2D eigenvalue weighted by Crippen LogP contribution is 2.19. The molecule has 20 heavy (non-hydrogen) atoms. The SMILES string of the molecule is Cn1c(C(=O)NCc2cccc(Cl)c2)cc2occc21.